The zero-order chi connectivity index (χ0) is 12.6. The van der Waals surface area contributed by atoms with Crippen LogP contribution in [0.25, 0.3) is 0 Å². The van der Waals surface area contributed by atoms with Gasteiger partial charge in [0.2, 0.25) is 0 Å². The number of hydrogen-bond acceptors (Lipinski definition) is 2. The van der Waals surface area contributed by atoms with Crippen LogP contribution in [-0.2, 0) is 17.9 Å². The van der Waals surface area contributed by atoms with Gasteiger partial charge in [-0.05, 0) is 0 Å². The molecular weight excluding hydrogens is 259 g/mol. The Morgan fingerprint density at radius 1 is 1.41 bits per heavy atom. The molecule has 0 saturated heterocycles. The minimum atomic E-state index is -2.66. The lowest BCUT2D eigenvalue weighted by molar-refractivity contribution is -0.135. The molecule has 0 aliphatic carbocycles. The number of hydrogen-bond donors (Lipinski definition) is 0. The van der Waals surface area contributed by atoms with Gasteiger partial charge in [0, 0.05) is 13.1 Å². The highest BCUT2D eigenvalue weighted by atomic mass is 35.5. The topological polar surface area (TPSA) is 38.1 Å². The quantitative estimate of drug-likeness (QED) is 0.765. The highest BCUT2D eigenvalue weighted by molar-refractivity contribution is 6.29. The summed E-state index contributed by atoms with van der Waals surface area (Å²) in [6, 6.07) is 0. The number of amides is 1. The summed E-state index contributed by atoms with van der Waals surface area (Å²) in [6.45, 7) is 0.366. The molecule has 1 unspecified atom stereocenters. The molecule has 0 spiro atoms. The molecule has 0 bridgehead atoms. The van der Waals surface area contributed by atoms with Crippen molar-refractivity contribution in [3.05, 3.63) is 17.7 Å². The van der Waals surface area contributed by atoms with Crippen LogP contribution in [0, 0.1) is 0 Å². The van der Waals surface area contributed by atoms with Crippen LogP contribution in [0.4, 0.5) is 13.2 Å². The first-order valence-corrected chi connectivity index (χ1v) is 5.33. The Balaban J connectivity index is 2.18. The van der Waals surface area contributed by atoms with Gasteiger partial charge in [-0.3, -0.25) is 4.79 Å². The highest BCUT2D eigenvalue weighted by Gasteiger charge is 2.28. The Labute approximate surface area is 100.0 Å². The van der Waals surface area contributed by atoms with Gasteiger partial charge in [-0.1, -0.05) is 11.6 Å². The lowest BCUT2D eigenvalue weighted by Gasteiger charge is -2.28. The van der Waals surface area contributed by atoms with Crippen LogP contribution in [0.5, 0.6) is 0 Å². The number of aromatic nitrogens is 2. The third-order valence-corrected chi connectivity index (χ3v) is 2.80. The molecule has 0 saturated carbocycles. The SMILES string of the molecule is O=C(C(F)Cl)N1CCn2c(cnc2C(F)F)C1. The van der Waals surface area contributed by atoms with E-state index in [1.807, 2.05) is 0 Å². The fourth-order valence-corrected chi connectivity index (χ4v) is 1.95. The molecule has 17 heavy (non-hydrogen) atoms. The first-order valence-electron chi connectivity index (χ1n) is 4.90. The number of carbonyl (C=O) groups excluding carboxylic acids is 1. The van der Waals surface area contributed by atoms with Crippen LogP contribution in [0.15, 0.2) is 6.20 Å². The average Bonchev–Trinajstić information content (AvgIpc) is 2.70. The summed E-state index contributed by atoms with van der Waals surface area (Å²) in [5.74, 6) is -1.17. The van der Waals surface area contributed by atoms with Crippen molar-refractivity contribution in [2.45, 2.75) is 25.1 Å². The number of carbonyl (C=O) groups is 1. The van der Waals surface area contributed by atoms with Gasteiger partial charge in [0.15, 0.2) is 5.82 Å². The molecule has 0 N–H and O–H groups in total. The van der Waals surface area contributed by atoms with Gasteiger partial charge in [0.05, 0.1) is 18.4 Å². The lowest BCUT2D eigenvalue weighted by Crippen LogP contribution is -2.41. The molecule has 1 amide bonds. The molecule has 0 radical (unpaired) electrons. The second-order valence-electron chi connectivity index (χ2n) is 3.62. The molecule has 2 rings (SSSR count). The van der Waals surface area contributed by atoms with E-state index in [1.165, 1.54) is 15.7 Å². The molecule has 1 aliphatic rings. The van der Waals surface area contributed by atoms with Gasteiger partial charge in [0.25, 0.3) is 18.0 Å². The maximum Gasteiger partial charge on any atom is 0.295 e. The van der Waals surface area contributed by atoms with Crippen molar-refractivity contribution in [3.8, 4) is 0 Å². The van der Waals surface area contributed by atoms with Crippen molar-refractivity contribution in [2.24, 2.45) is 0 Å². The first-order chi connectivity index (χ1) is 8.00. The second-order valence-corrected chi connectivity index (χ2v) is 4.00. The van der Waals surface area contributed by atoms with E-state index in [2.05, 4.69) is 4.98 Å². The molecule has 2 heterocycles. The van der Waals surface area contributed by atoms with E-state index in [0.29, 0.717) is 5.69 Å². The molecular formula is C9H9ClF3N3O. The van der Waals surface area contributed by atoms with Gasteiger partial charge < -0.3 is 9.47 Å². The molecule has 0 fully saturated rings. The normalized spacial score (nSPS) is 17.1. The Bertz CT molecular complexity index is 435. The van der Waals surface area contributed by atoms with E-state index < -0.39 is 18.0 Å². The number of nitrogens with zero attached hydrogens (tertiary/aromatic N) is 3. The summed E-state index contributed by atoms with van der Waals surface area (Å²) in [7, 11) is 0. The number of fused-ring (bicyclic) bond motifs is 1. The standard InChI is InChI=1S/C9H9ClF3N3O/c10-6(11)9(17)15-1-2-16-5(4-15)3-14-8(16)7(12)13/h3,6-7H,1-2,4H2. The fourth-order valence-electron chi connectivity index (χ4n) is 1.81. The Kier molecular flexibility index (Phi) is 3.28. The highest BCUT2D eigenvalue weighted by Crippen LogP contribution is 2.23. The summed E-state index contributed by atoms with van der Waals surface area (Å²) in [5.41, 5.74) is -1.64. The zero-order valence-electron chi connectivity index (χ0n) is 8.62. The predicted octanol–water partition coefficient (Wildman–Crippen LogP) is 1.70. The van der Waals surface area contributed by atoms with E-state index in [9.17, 15) is 18.0 Å². The molecule has 1 aromatic rings. The van der Waals surface area contributed by atoms with Crippen molar-refractivity contribution in [2.75, 3.05) is 6.54 Å². The molecule has 8 heteroatoms. The van der Waals surface area contributed by atoms with Crippen LogP contribution >= 0.6 is 11.6 Å². The Morgan fingerprint density at radius 2 is 2.12 bits per heavy atom. The van der Waals surface area contributed by atoms with Crippen molar-refractivity contribution in [1.82, 2.24) is 14.5 Å². The van der Waals surface area contributed by atoms with Gasteiger partial charge in [-0.2, -0.15) is 0 Å². The van der Waals surface area contributed by atoms with E-state index in [-0.39, 0.29) is 25.5 Å². The van der Waals surface area contributed by atoms with Crippen molar-refractivity contribution in [3.63, 3.8) is 0 Å². The minimum absolute atomic E-state index is 0.0473. The van der Waals surface area contributed by atoms with Crippen molar-refractivity contribution < 1.29 is 18.0 Å². The summed E-state index contributed by atoms with van der Waals surface area (Å²) in [4.78, 5) is 16.1. The summed E-state index contributed by atoms with van der Waals surface area (Å²) in [5, 5.41) is 0. The van der Waals surface area contributed by atoms with Crippen molar-refractivity contribution >= 4 is 17.5 Å². The molecule has 1 aromatic heterocycles. The van der Waals surface area contributed by atoms with Crippen LogP contribution in [0.1, 0.15) is 17.9 Å². The smallest absolute Gasteiger partial charge is 0.295 e. The maximum atomic E-state index is 12.6. The fraction of sp³-hybridized carbons (Fsp3) is 0.556. The third-order valence-electron chi connectivity index (χ3n) is 2.61. The summed E-state index contributed by atoms with van der Waals surface area (Å²) in [6.07, 6.45) is -1.39. The van der Waals surface area contributed by atoms with Crippen molar-refractivity contribution in [1.29, 1.82) is 0 Å². The van der Waals surface area contributed by atoms with E-state index >= 15 is 0 Å². The van der Waals surface area contributed by atoms with E-state index in [4.69, 9.17) is 11.6 Å². The molecule has 1 aliphatic heterocycles. The van der Waals surface area contributed by atoms with E-state index in [1.54, 1.807) is 0 Å². The predicted molar refractivity (Wildman–Crippen MR) is 53.4 cm³/mol. The molecule has 0 aromatic carbocycles. The summed E-state index contributed by atoms with van der Waals surface area (Å²) < 4.78 is 39.0. The number of alkyl halides is 4. The number of imidazole rings is 1. The van der Waals surface area contributed by atoms with Crippen LogP contribution in [0.3, 0.4) is 0 Å². The van der Waals surface area contributed by atoms with Gasteiger partial charge in [-0.15, -0.1) is 0 Å². The number of halogens is 4. The largest absolute Gasteiger partial charge is 0.331 e. The monoisotopic (exact) mass is 267 g/mol. The average molecular weight is 268 g/mol. The van der Waals surface area contributed by atoms with Crippen LogP contribution in [-0.4, -0.2) is 32.5 Å². The van der Waals surface area contributed by atoms with Gasteiger partial charge >= 0.3 is 0 Å². The van der Waals surface area contributed by atoms with Crippen LogP contribution in [0.2, 0.25) is 0 Å². The molecule has 94 valence electrons. The second kappa shape index (κ2) is 4.56. The van der Waals surface area contributed by atoms with Crippen LogP contribution < -0.4 is 0 Å². The molecule has 4 nitrogen and oxygen atoms in total. The maximum absolute atomic E-state index is 12.6. The molecule has 1 atom stereocenters. The minimum Gasteiger partial charge on any atom is -0.331 e. The Morgan fingerprint density at radius 3 is 2.71 bits per heavy atom. The summed E-state index contributed by atoms with van der Waals surface area (Å²) >= 11 is 5.04. The van der Waals surface area contributed by atoms with E-state index in [0.717, 1.165) is 0 Å². The number of rotatable bonds is 2. The zero-order valence-corrected chi connectivity index (χ0v) is 9.37. The van der Waals surface area contributed by atoms with Gasteiger partial charge in [-0.25, -0.2) is 18.2 Å². The third kappa shape index (κ3) is 2.24. The lowest BCUT2D eigenvalue weighted by atomic mass is 10.3. The van der Waals surface area contributed by atoms with Gasteiger partial charge in [0.1, 0.15) is 0 Å². The Hall–Kier alpha value is -1.24. The first kappa shape index (κ1) is 12.2.